The Labute approximate surface area is 85.0 Å². The predicted octanol–water partition coefficient (Wildman–Crippen LogP) is 0.612. The molecule has 1 rings (SSSR count). The number of nitrogens with one attached hydrogen (secondary N) is 1. The van der Waals surface area contributed by atoms with Crippen molar-refractivity contribution in [2.75, 3.05) is 0 Å². The zero-order valence-electron chi connectivity index (χ0n) is 7.54. The van der Waals surface area contributed by atoms with Gasteiger partial charge in [-0.15, -0.1) is 0 Å². The summed E-state index contributed by atoms with van der Waals surface area (Å²) >= 11 is 0. The molecule has 1 aromatic rings. The number of guanidine groups is 1. The van der Waals surface area contributed by atoms with Crippen molar-refractivity contribution in [1.82, 2.24) is 5.32 Å². The highest BCUT2D eigenvalue weighted by molar-refractivity contribution is 5.82. The van der Waals surface area contributed by atoms with Gasteiger partial charge >= 0.3 is 0 Å². The Morgan fingerprint density at radius 2 is 2.40 bits per heavy atom. The van der Waals surface area contributed by atoms with Crippen molar-refractivity contribution in [3.63, 3.8) is 0 Å². The maximum Gasteiger partial charge on any atom is 0.271 e. The van der Waals surface area contributed by atoms with Crippen LogP contribution in [0.5, 0.6) is 0 Å². The lowest BCUT2D eigenvalue weighted by Crippen LogP contribution is -2.26. The van der Waals surface area contributed by atoms with Gasteiger partial charge in [0.15, 0.2) is 6.19 Å². The maximum absolute atomic E-state index is 10.4. The fourth-order valence-electron chi connectivity index (χ4n) is 0.900. The zero-order chi connectivity index (χ0) is 11.3. The number of nitrogens with two attached hydrogens (primary N) is 1. The number of nitro benzene ring substituents is 1. The standard InChI is InChI=1S/C8H7N5O2/c9-5-11-8(10)12-6-2-1-3-7(4-6)13(14)15/h1-4H,(H3,10,11,12). The molecule has 0 aromatic heterocycles. The molecule has 0 saturated heterocycles. The molecule has 0 saturated carbocycles. The van der Waals surface area contributed by atoms with E-state index in [1.165, 1.54) is 18.2 Å². The molecule has 76 valence electrons. The van der Waals surface area contributed by atoms with Gasteiger partial charge < -0.3 is 5.73 Å². The molecule has 0 amide bonds. The molecule has 3 N–H and O–H groups in total. The van der Waals surface area contributed by atoms with Crippen molar-refractivity contribution in [2.45, 2.75) is 0 Å². The van der Waals surface area contributed by atoms with Crippen LogP contribution in [0, 0.1) is 21.6 Å². The monoisotopic (exact) mass is 205 g/mol. The minimum absolute atomic E-state index is 0.0824. The Hall–Kier alpha value is -2.62. The summed E-state index contributed by atoms with van der Waals surface area (Å²) < 4.78 is 0. The van der Waals surface area contributed by atoms with Crippen LogP contribution in [-0.4, -0.2) is 10.9 Å². The number of rotatable bonds is 2. The number of non-ortho nitro benzene ring substituents is 1. The number of aliphatic imine (C=N–C) groups is 1. The number of nitrogens with zero attached hydrogens (tertiary/aromatic N) is 3. The Bertz CT molecular complexity index is 449. The van der Waals surface area contributed by atoms with Crippen LogP contribution in [0.1, 0.15) is 0 Å². The lowest BCUT2D eigenvalue weighted by atomic mass is 10.3. The summed E-state index contributed by atoms with van der Waals surface area (Å²) in [6.07, 6.45) is 1.59. The Balaban J connectivity index is 2.97. The number of hydrogen-bond acceptors (Lipinski definition) is 4. The van der Waals surface area contributed by atoms with E-state index in [9.17, 15) is 10.1 Å². The van der Waals surface area contributed by atoms with Gasteiger partial charge in [0, 0.05) is 12.1 Å². The average molecular weight is 205 g/mol. The summed E-state index contributed by atoms with van der Waals surface area (Å²) in [5, 5.41) is 20.8. The van der Waals surface area contributed by atoms with Crippen LogP contribution in [-0.2, 0) is 0 Å². The maximum atomic E-state index is 10.4. The highest BCUT2D eigenvalue weighted by Crippen LogP contribution is 2.19. The second-order valence-electron chi connectivity index (χ2n) is 2.51. The number of nitro groups is 1. The van der Waals surface area contributed by atoms with Crippen molar-refractivity contribution in [3.8, 4) is 6.19 Å². The molecule has 1 aromatic carbocycles. The fourth-order valence-corrected chi connectivity index (χ4v) is 0.900. The van der Waals surface area contributed by atoms with Gasteiger partial charge in [-0.2, -0.15) is 5.26 Å². The summed E-state index contributed by atoms with van der Waals surface area (Å²) in [7, 11) is 0. The third kappa shape index (κ3) is 2.96. The molecule has 0 aliphatic heterocycles. The summed E-state index contributed by atoms with van der Waals surface area (Å²) in [6, 6.07) is 5.62. The van der Waals surface area contributed by atoms with Crippen molar-refractivity contribution in [2.24, 2.45) is 10.7 Å². The molecule has 7 heteroatoms. The lowest BCUT2D eigenvalue weighted by molar-refractivity contribution is -0.384. The van der Waals surface area contributed by atoms with Gasteiger partial charge in [0.1, 0.15) is 0 Å². The highest BCUT2D eigenvalue weighted by Gasteiger charge is 2.04. The zero-order valence-corrected chi connectivity index (χ0v) is 7.54. The molecule has 0 bridgehead atoms. The summed E-state index contributed by atoms with van der Waals surface area (Å²) in [5.41, 5.74) is 5.52. The van der Waals surface area contributed by atoms with E-state index in [4.69, 9.17) is 11.0 Å². The summed E-state index contributed by atoms with van der Waals surface area (Å²) in [4.78, 5) is 13.6. The average Bonchev–Trinajstić information content (AvgIpc) is 2.18. The SMILES string of the molecule is N#CNC(N)=Nc1cccc([N+](=O)[O-])c1. The van der Waals surface area contributed by atoms with Crippen molar-refractivity contribution in [1.29, 1.82) is 5.26 Å². The largest absolute Gasteiger partial charge is 0.369 e. The van der Waals surface area contributed by atoms with Crippen LogP contribution >= 0.6 is 0 Å². The van der Waals surface area contributed by atoms with E-state index < -0.39 is 4.92 Å². The van der Waals surface area contributed by atoms with Gasteiger partial charge in [-0.05, 0) is 6.07 Å². The van der Waals surface area contributed by atoms with Gasteiger partial charge in [-0.25, -0.2) is 4.99 Å². The second-order valence-corrected chi connectivity index (χ2v) is 2.51. The third-order valence-electron chi connectivity index (χ3n) is 1.47. The van der Waals surface area contributed by atoms with Gasteiger partial charge in [-0.1, -0.05) is 6.07 Å². The fraction of sp³-hybridized carbons (Fsp3) is 0. The van der Waals surface area contributed by atoms with E-state index in [0.29, 0.717) is 5.69 Å². The van der Waals surface area contributed by atoms with Crippen molar-refractivity contribution >= 4 is 17.3 Å². The third-order valence-corrected chi connectivity index (χ3v) is 1.47. The first-order valence-corrected chi connectivity index (χ1v) is 3.87. The lowest BCUT2D eigenvalue weighted by Gasteiger charge is -1.96. The van der Waals surface area contributed by atoms with Crippen LogP contribution in [0.4, 0.5) is 11.4 Å². The minimum atomic E-state index is -0.535. The molecule has 0 unspecified atom stereocenters. The smallest absolute Gasteiger partial charge is 0.271 e. The molecule has 0 aliphatic carbocycles. The van der Waals surface area contributed by atoms with Crippen LogP contribution in [0.15, 0.2) is 29.3 Å². The molecular weight excluding hydrogens is 198 g/mol. The molecule has 0 radical (unpaired) electrons. The quantitative estimate of drug-likeness (QED) is 0.183. The molecular formula is C8H7N5O2. The Morgan fingerprint density at radius 1 is 1.67 bits per heavy atom. The minimum Gasteiger partial charge on any atom is -0.369 e. The molecule has 15 heavy (non-hydrogen) atoms. The first-order chi connectivity index (χ1) is 7.13. The molecule has 7 nitrogen and oxygen atoms in total. The van der Waals surface area contributed by atoms with E-state index >= 15 is 0 Å². The van der Waals surface area contributed by atoms with Gasteiger partial charge in [0.05, 0.1) is 10.6 Å². The molecule has 0 spiro atoms. The highest BCUT2D eigenvalue weighted by atomic mass is 16.6. The van der Waals surface area contributed by atoms with E-state index in [-0.39, 0.29) is 11.6 Å². The Morgan fingerprint density at radius 3 is 3.00 bits per heavy atom. The molecule has 0 aliphatic rings. The van der Waals surface area contributed by atoms with E-state index in [0.717, 1.165) is 0 Å². The molecule has 0 fully saturated rings. The van der Waals surface area contributed by atoms with Gasteiger partial charge in [0.2, 0.25) is 5.96 Å². The van der Waals surface area contributed by atoms with Gasteiger partial charge in [0.25, 0.3) is 5.69 Å². The predicted molar refractivity (Wildman–Crippen MR) is 53.1 cm³/mol. The summed E-state index contributed by atoms with van der Waals surface area (Å²) in [6.45, 7) is 0. The van der Waals surface area contributed by atoms with Crippen LogP contribution in [0.2, 0.25) is 0 Å². The van der Waals surface area contributed by atoms with E-state index in [2.05, 4.69) is 10.3 Å². The number of nitriles is 1. The molecule has 0 atom stereocenters. The van der Waals surface area contributed by atoms with Gasteiger partial charge in [-0.3, -0.25) is 15.4 Å². The second kappa shape index (κ2) is 4.57. The molecule has 0 heterocycles. The topological polar surface area (TPSA) is 117 Å². The van der Waals surface area contributed by atoms with Crippen LogP contribution in [0.25, 0.3) is 0 Å². The number of hydrogen-bond donors (Lipinski definition) is 2. The van der Waals surface area contributed by atoms with Crippen molar-refractivity contribution in [3.05, 3.63) is 34.4 Å². The summed E-state index contributed by atoms with van der Waals surface area (Å²) in [5.74, 6) is -0.113. The van der Waals surface area contributed by atoms with Crippen LogP contribution in [0.3, 0.4) is 0 Å². The van der Waals surface area contributed by atoms with E-state index in [1.807, 2.05) is 0 Å². The first-order valence-electron chi connectivity index (χ1n) is 3.87. The van der Waals surface area contributed by atoms with E-state index in [1.54, 1.807) is 12.3 Å². The Kier molecular flexibility index (Phi) is 3.19. The van der Waals surface area contributed by atoms with Crippen molar-refractivity contribution < 1.29 is 4.92 Å². The van der Waals surface area contributed by atoms with Crippen LogP contribution < -0.4 is 11.1 Å². The first kappa shape index (κ1) is 10.5. The number of benzene rings is 1. The normalized spacial score (nSPS) is 10.5.